The van der Waals surface area contributed by atoms with Crippen molar-refractivity contribution >= 4 is 0 Å². The van der Waals surface area contributed by atoms with Crippen LogP contribution in [0.4, 0.5) is 0 Å². The van der Waals surface area contributed by atoms with Crippen LogP contribution in [0.15, 0.2) is 0 Å². The Morgan fingerprint density at radius 1 is 1.18 bits per heavy atom. The quantitative estimate of drug-likeness (QED) is 0.585. The summed E-state index contributed by atoms with van der Waals surface area (Å²) in [6.07, 6.45) is 0. The van der Waals surface area contributed by atoms with Gasteiger partial charge in [0.15, 0.2) is 0 Å². The van der Waals surface area contributed by atoms with E-state index in [-0.39, 0.29) is 5.54 Å². The number of nitrogens with two attached hydrogens (primary N) is 1. The van der Waals surface area contributed by atoms with Crippen LogP contribution >= 0.6 is 0 Å². The fraction of sp³-hybridized carbons (Fsp3) is 1.00. The Balaban J connectivity index is 3.02. The zero-order chi connectivity index (χ0) is 8.74. The molecule has 11 heavy (non-hydrogen) atoms. The zero-order valence-corrected chi connectivity index (χ0v) is 7.72. The molecule has 0 fully saturated rings. The van der Waals surface area contributed by atoms with Crippen LogP contribution in [-0.2, 0) is 9.47 Å². The minimum atomic E-state index is -0.230. The molecule has 0 aromatic rings. The lowest BCUT2D eigenvalue weighted by Gasteiger charge is -2.17. The first-order valence-electron chi connectivity index (χ1n) is 4.00. The van der Waals surface area contributed by atoms with Crippen LogP contribution in [0.1, 0.15) is 20.8 Å². The fourth-order valence-corrected chi connectivity index (χ4v) is 0.597. The maximum atomic E-state index is 5.68. The molecule has 0 bridgehead atoms. The molecule has 0 atom stereocenters. The Morgan fingerprint density at radius 3 is 2.18 bits per heavy atom. The molecule has 0 aliphatic heterocycles. The lowest BCUT2D eigenvalue weighted by atomic mass is 10.1. The van der Waals surface area contributed by atoms with E-state index in [1.54, 1.807) is 0 Å². The van der Waals surface area contributed by atoms with E-state index in [1.807, 2.05) is 20.8 Å². The molecular weight excluding hydrogens is 142 g/mol. The summed E-state index contributed by atoms with van der Waals surface area (Å²) in [5.74, 6) is 0. The van der Waals surface area contributed by atoms with Crippen LogP contribution in [0.3, 0.4) is 0 Å². The molecule has 0 rings (SSSR count). The Bertz CT molecular complexity index is 88.6. The second-order valence-electron chi connectivity index (χ2n) is 3.24. The third kappa shape index (κ3) is 9.88. The lowest BCUT2D eigenvalue weighted by Crippen LogP contribution is -2.37. The predicted molar refractivity (Wildman–Crippen MR) is 45.6 cm³/mol. The fourth-order valence-electron chi connectivity index (χ4n) is 0.597. The average molecular weight is 161 g/mol. The molecule has 0 amide bonds. The standard InChI is InChI=1S/C8H19NO2/c1-4-10-5-6-11-7-8(2,3)9/h4-7,9H2,1-3H3. The van der Waals surface area contributed by atoms with Crippen molar-refractivity contribution in [3.05, 3.63) is 0 Å². The van der Waals surface area contributed by atoms with Crippen molar-refractivity contribution in [3.63, 3.8) is 0 Å². The van der Waals surface area contributed by atoms with Gasteiger partial charge in [-0.3, -0.25) is 0 Å². The molecule has 0 unspecified atom stereocenters. The number of hydrogen-bond donors (Lipinski definition) is 1. The summed E-state index contributed by atoms with van der Waals surface area (Å²) in [6.45, 7) is 8.46. The largest absolute Gasteiger partial charge is 0.379 e. The van der Waals surface area contributed by atoms with Crippen LogP contribution in [0.5, 0.6) is 0 Å². The first-order chi connectivity index (χ1) is 5.06. The SMILES string of the molecule is CCOCCOCC(C)(C)N. The molecule has 0 heterocycles. The molecule has 0 spiro atoms. The highest BCUT2D eigenvalue weighted by Crippen LogP contribution is 1.96. The Kier molecular flexibility index (Phi) is 5.46. The van der Waals surface area contributed by atoms with Gasteiger partial charge in [-0.2, -0.15) is 0 Å². The van der Waals surface area contributed by atoms with Crippen LogP contribution in [-0.4, -0.2) is 32.0 Å². The van der Waals surface area contributed by atoms with Gasteiger partial charge in [0.05, 0.1) is 19.8 Å². The van der Waals surface area contributed by atoms with Crippen molar-refractivity contribution in [2.45, 2.75) is 26.3 Å². The number of ether oxygens (including phenoxy) is 2. The van der Waals surface area contributed by atoms with E-state index in [1.165, 1.54) is 0 Å². The van der Waals surface area contributed by atoms with Gasteiger partial charge in [0.1, 0.15) is 0 Å². The molecule has 0 aliphatic rings. The van der Waals surface area contributed by atoms with Gasteiger partial charge >= 0.3 is 0 Å². The summed E-state index contributed by atoms with van der Waals surface area (Å²) in [6, 6.07) is 0. The Morgan fingerprint density at radius 2 is 1.73 bits per heavy atom. The molecule has 0 aromatic heterocycles. The van der Waals surface area contributed by atoms with Gasteiger partial charge in [-0.25, -0.2) is 0 Å². The molecule has 0 aliphatic carbocycles. The van der Waals surface area contributed by atoms with Crippen molar-refractivity contribution in [1.82, 2.24) is 0 Å². The predicted octanol–water partition coefficient (Wildman–Crippen LogP) is 0.777. The molecule has 0 aromatic carbocycles. The highest BCUT2D eigenvalue weighted by Gasteiger charge is 2.09. The number of hydrogen-bond acceptors (Lipinski definition) is 3. The van der Waals surface area contributed by atoms with Crippen LogP contribution in [0, 0.1) is 0 Å². The molecule has 0 saturated carbocycles. The van der Waals surface area contributed by atoms with E-state index in [0.717, 1.165) is 6.61 Å². The van der Waals surface area contributed by atoms with Gasteiger partial charge in [-0.1, -0.05) is 0 Å². The molecule has 0 saturated heterocycles. The summed E-state index contributed by atoms with van der Waals surface area (Å²) in [5, 5.41) is 0. The van der Waals surface area contributed by atoms with Gasteiger partial charge < -0.3 is 15.2 Å². The van der Waals surface area contributed by atoms with E-state index in [0.29, 0.717) is 19.8 Å². The third-order valence-electron chi connectivity index (χ3n) is 1.05. The zero-order valence-electron chi connectivity index (χ0n) is 7.72. The van der Waals surface area contributed by atoms with Crippen molar-refractivity contribution in [2.24, 2.45) is 5.73 Å². The minimum Gasteiger partial charge on any atom is -0.379 e. The monoisotopic (exact) mass is 161 g/mol. The molecule has 68 valence electrons. The van der Waals surface area contributed by atoms with Crippen LogP contribution < -0.4 is 5.73 Å². The van der Waals surface area contributed by atoms with E-state index in [2.05, 4.69) is 0 Å². The summed E-state index contributed by atoms with van der Waals surface area (Å²) in [5.41, 5.74) is 5.45. The molecule has 0 radical (unpaired) electrons. The van der Waals surface area contributed by atoms with E-state index in [9.17, 15) is 0 Å². The lowest BCUT2D eigenvalue weighted by molar-refractivity contribution is 0.0366. The summed E-state index contributed by atoms with van der Waals surface area (Å²) in [4.78, 5) is 0. The van der Waals surface area contributed by atoms with Gasteiger partial charge in [0.2, 0.25) is 0 Å². The van der Waals surface area contributed by atoms with Gasteiger partial charge in [0.25, 0.3) is 0 Å². The first-order valence-corrected chi connectivity index (χ1v) is 4.00. The van der Waals surface area contributed by atoms with Crippen molar-refractivity contribution in [2.75, 3.05) is 26.4 Å². The molecule has 2 N–H and O–H groups in total. The first kappa shape index (κ1) is 10.9. The highest BCUT2D eigenvalue weighted by molar-refractivity contribution is 4.69. The normalized spacial score (nSPS) is 12.0. The molecule has 3 nitrogen and oxygen atoms in total. The molecular formula is C8H19NO2. The average Bonchev–Trinajstić information content (AvgIpc) is 1.85. The summed E-state index contributed by atoms with van der Waals surface area (Å²) < 4.78 is 10.3. The summed E-state index contributed by atoms with van der Waals surface area (Å²) in [7, 11) is 0. The summed E-state index contributed by atoms with van der Waals surface area (Å²) >= 11 is 0. The van der Waals surface area contributed by atoms with E-state index in [4.69, 9.17) is 15.2 Å². The van der Waals surface area contributed by atoms with Crippen LogP contribution in [0.2, 0.25) is 0 Å². The van der Waals surface area contributed by atoms with Crippen molar-refractivity contribution < 1.29 is 9.47 Å². The second kappa shape index (κ2) is 5.52. The van der Waals surface area contributed by atoms with Crippen molar-refractivity contribution in [3.8, 4) is 0 Å². The topological polar surface area (TPSA) is 44.5 Å². The Hall–Kier alpha value is -0.120. The van der Waals surface area contributed by atoms with Gasteiger partial charge in [-0.05, 0) is 20.8 Å². The Labute approximate surface area is 68.9 Å². The molecule has 3 heteroatoms. The second-order valence-corrected chi connectivity index (χ2v) is 3.24. The van der Waals surface area contributed by atoms with Gasteiger partial charge in [0, 0.05) is 12.1 Å². The number of rotatable bonds is 6. The van der Waals surface area contributed by atoms with Gasteiger partial charge in [-0.15, -0.1) is 0 Å². The maximum absolute atomic E-state index is 5.68. The highest BCUT2D eigenvalue weighted by atomic mass is 16.5. The van der Waals surface area contributed by atoms with E-state index < -0.39 is 0 Å². The van der Waals surface area contributed by atoms with Crippen molar-refractivity contribution in [1.29, 1.82) is 0 Å². The van der Waals surface area contributed by atoms with Crippen LogP contribution in [0.25, 0.3) is 0 Å². The maximum Gasteiger partial charge on any atom is 0.0701 e. The minimum absolute atomic E-state index is 0.230. The van der Waals surface area contributed by atoms with E-state index >= 15 is 0 Å². The third-order valence-corrected chi connectivity index (χ3v) is 1.05. The smallest absolute Gasteiger partial charge is 0.0701 e.